The highest BCUT2D eigenvalue weighted by Crippen LogP contribution is 2.20. The first-order valence-electron chi connectivity index (χ1n) is 6.98. The molecule has 8 nitrogen and oxygen atoms in total. The highest BCUT2D eigenvalue weighted by molar-refractivity contribution is 6.28. The van der Waals surface area contributed by atoms with E-state index in [0.29, 0.717) is 17.3 Å². The van der Waals surface area contributed by atoms with E-state index in [1.165, 1.54) is 12.4 Å². The van der Waals surface area contributed by atoms with Crippen LogP contribution in [0.15, 0.2) is 42.7 Å². The maximum atomic E-state index is 12.1. The topological polar surface area (TPSA) is 112 Å². The number of anilines is 1. The number of para-hydroxylation sites is 2. The van der Waals surface area contributed by atoms with Gasteiger partial charge in [0.15, 0.2) is 11.6 Å². The number of rotatable bonds is 3. The molecule has 24 heavy (non-hydrogen) atoms. The number of carbonyl (C=O) groups is 1. The summed E-state index contributed by atoms with van der Waals surface area (Å²) in [7, 11) is 0. The maximum Gasteiger partial charge on any atom is 0.260 e. The lowest BCUT2D eigenvalue weighted by Gasteiger charge is -2.00. The van der Waals surface area contributed by atoms with Crippen molar-refractivity contribution >= 4 is 34.4 Å². The molecule has 0 radical (unpaired) electrons. The Hall–Kier alpha value is -3.26. The van der Waals surface area contributed by atoms with Crippen LogP contribution in [0.4, 0.5) is 5.82 Å². The first-order valence-corrected chi connectivity index (χ1v) is 7.36. The lowest BCUT2D eigenvalue weighted by molar-refractivity contribution is 0.102. The van der Waals surface area contributed by atoms with E-state index in [9.17, 15) is 4.79 Å². The molecule has 4 aromatic rings. The molecule has 118 valence electrons. The van der Waals surface area contributed by atoms with Gasteiger partial charge in [-0.2, -0.15) is 5.10 Å². The van der Waals surface area contributed by atoms with Gasteiger partial charge >= 0.3 is 0 Å². The first kappa shape index (κ1) is 14.3. The van der Waals surface area contributed by atoms with Crippen molar-refractivity contribution in [3.05, 3.63) is 53.6 Å². The first-order chi connectivity index (χ1) is 11.7. The molecular weight excluding hydrogens is 330 g/mol. The van der Waals surface area contributed by atoms with Crippen LogP contribution in [0.1, 0.15) is 10.4 Å². The fourth-order valence-corrected chi connectivity index (χ4v) is 2.30. The Bertz CT molecular complexity index is 989. The molecule has 3 aromatic heterocycles. The number of aromatic amines is 2. The SMILES string of the molecule is O=C(Nc1cc(-c2nc3ccccc3[nH]2)[nH]n1)c1cnc(Cl)nc1. The summed E-state index contributed by atoms with van der Waals surface area (Å²) in [6.07, 6.45) is 2.69. The van der Waals surface area contributed by atoms with Crippen molar-refractivity contribution in [2.24, 2.45) is 0 Å². The summed E-state index contributed by atoms with van der Waals surface area (Å²) in [4.78, 5) is 27.3. The number of imidazole rings is 1. The molecule has 1 amide bonds. The lowest BCUT2D eigenvalue weighted by atomic mass is 10.3. The minimum absolute atomic E-state index is 0.0819. The van der Waals surface area contributed by atoms with E-state index >= 15 is 0 Å². The number of fused-ring (bicyclic) bond motifs is 1. The van der Waals surface area contributed by atoms with Gasteiger partial charge in [0.05, 0.1) is 16.6 Å². The molecular formula is C15H10ClN7O. The number of benzene rings is 1. The van der Waals surface area contributed by atoms with Crippen LogP contribution in [0.5, 0.6) is 0 Å². The van der Waals surface area contributed by atoms with Gasteiger partial charge in [-0.3, -0.25) is 9.89 Å². The van der Waals surface area contributed by atoms with E-state index < -0.39 is 0 Å². The zero-order valence-electron chi connectivity index (χ0n) is 12.1. The van der Waals surface area contributed by atoms with Gasteiger partial charge in [-0.25, -0.2) is 15.0 Å². The summed E-state index contributed by atoms with van der Waals surface area (Å²) in [5.74, 6) is 0.624. The monoisotopic (exact) mass is 339 g/mol. The van der Waals surface area contributed by atoms with Crippen LogP contribution in [-0.2, 0) is 0 Å². The van der Waals surface area contributed by atoms with Gasteiger partial charge in [0.1, 0.15) is 5.69 Å². The lowest BCUT2D eigenvalue weighted by Crippen LogP contribution is -2.12. The zero-order chi connectivity index (χ0) is 16.5. The van der Waals surface area contributed by atoms with Crippen molar-refractivity contribution in [1.82, 2.24) is 30.1 Å². The summed E-state index contributed by atoms with van der Waals surface area (Å²) in [5, 5.41) is 9.64. The molecule has 3 N–H and O–H groups in total. The summed E-state index contributed by atoms with van der Waals surface area (Å²) in [6.45, 7) is 0. The number of nitrogens with one attached hydrogen (secondary N) is 3. The normalized spacial score (nSPS) is 10.9. The predicted molar refractivity (Wildman–Crippen MR) is 88.7 cm³/mol. The second kappa shape index (κ2) is 5.74. The van der Waals surface area contributed by atoms with Crippen molar-refractivity contribution < 1.29 is 4.79 Å². The third kappa shape index (κ3) is 2.70. The number of nitrogens with zero attached hydrogens (tertiary/aromatic N) is 4. The maximum absolute atomic E-state index is 12.1. The van der Waals surface area contributed by atoms with Crippen LogP contribution in [0, 0.1) is 0 Å². The second-order valence-electron chi connectivity index (χ2n) is 4.96. The Morgan fingerprint density at radius 3 is 2.75 bits per heavy atom. The van der Waals surface area contributed by atoms with Gasteiger partial charge in [-0.1, -0.05) is 12.1 Å². The Balaban J connectivity index is 1.56. The van der Waals surface area contributed by atoms with Gasteiger partial charge in [0, 0.05) is 18.5 Å². The number of carbonyl (C=O) groups excluding carboxylic acids is 1. The van der Waals surface area contributed by atoms with Crippen LogP contribution in [-0.4, -0.2) is 36.0 Å². The van der Waals surface area contributed by atoms with E-state index in [-0.39, 0.29) is 16.8 Å². The van der Waals surface area contributed by atoms with Crippen molar-refractivity contribution in [3.8, 4) is 11.5 Å². The Morgan fingerprint density at radius 2 is 1.96 bits per heavy atom. The zero-order valence-corrected chi connectivity index (χ0v) is 12.9. The number of hydrogen-bond donors (Lipinski definition) is 3. The Labute approximate surface area is 140 Å². The summed E-state index contributed by atoms with van der Waals surface area (Å²) < 4.78 is 0. The number of amides is 1. The van der Waals surface area contributed by atoms with Crippen LogP contribution in [0.3, 0.4) is 0 Å². The Kier molecular flexibility index (Phi) is 3.43. The summed E-state index contributed by atoms with van der Waals surface area (Å²) >= 11 is 5.60. The van der Waals surface area contributed by atoms with Gasteiger partial charge in [0.2, 0.25) is 5.28 Å². The van der Waals surface area contributed by atoms with E-state index in [1.54, 1.807) is 6.07 Å². The fraction of sp³-hybridized carbons (Fsp3) is 0. The van der Waals surface area contributed by atoms with Crippen molar-refractivity contribution in [3.63, 3.8) is 0 Å². The molecule has 3 heterocycles. The summed E-state index contributed by atoms with van der Waals surface area (Å²) in [6, 6.07) is 9.38. The van der Waals surface area contributed by atoms with Gasteiger partial charge in [0.25, 0.3) is 5.91 Å². The Morgan fingerprint density at radius 1 is 1.17 bits per heavy atom. The van der Waals surface area contributed by atoms with E-state index in [0.717, 1.165) is 11.0 Å². The van der Waals surface area contributed by atoms with E-state index in [1.807, 2.05) is 24.3 Å². The predicted octanol–water partition coefficient (Wildman–Crippen LogP) is 2.65. The van der Waals surface area contributed by atoms with Gasteiger partial charge in [-0.05, 0) is 23.7 Å². The molecule has 0 unspecified atom stereocenters. The van der Waals surface area contributed by atoms with E-state index in [4.69, 9.17) is 11.6 Å². The quantitative estimate of drug-likeness (QED) is 0.497. The van der Waals surface area contributed by atoms with Crippen molar-refractivity contribution in [1.29, 1.82) is 0 Å². The number of H-pyrrole nitrogens is 2. The van der Waals surface area contributed by atoms with Crippen LogP contribution in [0.25, 0.3) is 22.6 Å². The standard InChI is InChI=1S/C15H10ClN7O/c16-15-17-6-8(7-18-15)14(24)21-12-5-11(22-23-12)13-19-9-3-1-2-4-10(9)20-13/h1-7H,(H,19,20)(H2,21,22,23,24). The minimum atomic E-state index is -0.380. The molecule has 0 saturated heterocycles. The number of hydrogen-bond acceptors (Lipinski definition) is 5. The van der Waals surface area contributed by atoms with E-state index in [2.05, 4.69) is 35.5 Å². The average Bonchev–Trinajstić information content (AvgIpc) is 3.21. The molecule has 1 aromatic carbocycles. The third-order valence-corrected chi connectivity index (χ3v) is 3.54. The highest BCUT2D eigenvalue weighted by Gasteiger charge is 2.12. The molecule has 0 bridgehead atoms. The molecule has 9 heteroatoms. The molecule has 0 aliphatic heterocycles. The average molecular weight is 340 g/mol. The molecule has 4 rings (SSSR count). The summed E-state index contributed by atoms with van der Waals surface area (Å²) in [5.41, 5.74) is 2.72. The smallest absolute Gasteiger partial charge is 0.260 e. The molecule has 0 fully saturated rings. The second-order valence-corrected chi connectivity index (χ2v) is 5.30. The largest absolute Gasteiger partial charge is 0.337 e. The van der Waals surface area contributed by atoms with Crippen LogP contribution in [0.2, 0.25) is 5.28 Å². The van der Waals surface area contributed by atoms with Crippen LogP contribution < -0.4 is 5.32 Å². The fourth-order valence-electron chi connectivity index (χ4n) is 2.21. The van der Waals surface area contributed by atoms with Crippen LogP contribution >= 0.6 is 11.6 Å². The minimum Gasteiger partial charge on any atom is -0.337 e. The highest BCUT2D eigenvalue weighted by atomic mass is 35.5. The van der Waals surface area contributed by atoms with Gasteiger partial charge in [-0.15, -0.1) is 0 Å². The molecule has 0 atom stereocenters. The molecule has 0 aliphatic carbocycles. The number of aromatic nitrogens is 6. The molecule has 0 saturated carbocycles. The van der Waals surface area contributed by atoms with Gasteiger partial charge < -0.3 is 10.3 Å². The molecule has 0 spiro atoms. The number of halogens is 1. The third-order valence-electron chi connectivity index (χ3n) is 3.35. The van der Waals surface area contributed by atoms with Crippen molar-refractivity contribution in [2.45, 2.75) is 0 Å². The van der Waals surface area contributed by atoms with Crippen molar-refractivity contribution in [2.75, 3.05) is 5.32 Å². The molecule has 0 aliphatic rings.